The van der Waals surface area contributed by atoms with Crippen LogP contribution < -0.4 is 5.32 Å². The summed E-state index contributed by atoms with van der Waals surface area (Å²) in [7, 11) is 0. The molecule has 0 aromatic carbocycles. The number of piperidine rings is 1. The molecule has 1 spiro atoms. The van der Waals surface area contributed by atoms with Gasteiger partial charge in [0.05, 0.1) is 0 Å². The van der Waals surface area contributed by atoms with Gasteiger partial charge in [-0.25, -0.2) is 0 Å². The zero-order valence-corrected chi connectivity index (χ0v) is 10.2. The SMILES string of the molecule is CC1CC1C(=O)N1CCC2(CCCN2)CC1. The lowest BCUT2D eigenvalue weighted by Gasteiger charge is -2.39. The van der Waals surface area contributed by atoms with E-state index in [0.29, 0.717) is 23.3 Å². The molecule has 16 heavy (non-hydrogen) atoms. The molecule has 0 aromatic rings. The van der Waals surface area contributed by atoms with E-state index in [4.69, 9.17) is 0 Å². The van der Waals surface area contributed by atoms with Gasteiger partial charge < -0.3 is 10.2 Å². The van der Waals surface area contributed by atoms with Crippen LogP contribution in [0, 0.1) is 11.8 Å². The fraction of sp³-hybridized carbons (Fsp3) is 0.923. The van der Waals surface area contributed by atoms with Gasteiger partial charge in [-0.1, -0.05) is 6.92 Å². The van der Waals surface area contributed by atoms with Gasteiger partial charge in [0.25, 0.3) is 0 Å². The minimum atomic E-state index is 0.366. The Bertz CT molecular complexity index is 286. The molecular weight excluding hydrogens is 200 g/mol. The summed E-state index contributed by atoms with van der Waals surface area (Å²) in [6, 6.07) is 0. The van der Waals surface area contributed by atoms with Crippen LogP contribution in [0.4, 0.5) is 0 Å². The molecule has 0 bridgehead atoms. The van der Waals surface area contributed by atoms with Gasteiger partial charge in [0.2, 0.25) is 5.91 Å². The molecule has 1 aliphatic carbocycles. The van der Waals surface area contributed by atoms with Crippen LogP contribution in [0.2, 0.25) is 0 Å². The van der Waals surface area contributed by atoms with Gasteiger partial charge in [-0.05, 0) is 44.6 Å². The monoisotopic (exact) mass is 222 g/mol. The molecule has 2 unspecified atom stereocenters. The molecule has 1 amide bonds. The Balaban J connectivity index is 1.56. The number of hydrogen-bond donors (Lipinski definition) is 1. The lowest BCUT2D eigenvalue weighted by Crippen LogP contribution is -2.51. The summed E-state index contributed by atoms with van der Waals surface area (Å²) in [6.07, 6.45) is 6.08. The number of carbonyl (C=O) groups is 1. The van der Waals surface area contributed by atoms with Gasteiger partial charge in [-0.2, -0.15) is 0 Å². The average molecular weight is 222 g/mol. The van der Waals surface area contributed by atoms with Crippen LogP contribution in [-0.4, -0.2) is 36.0 Å². The highest BCUT2D eigenvalue weighted by Crippen LogP contribution is 2.40. The van der Waals surface area contributed by atoms with E-state index in [-0.39, 0.29) is 0 Å². The number of amides is 1. The van der Waals surface area contributed by atoms with Crippen LogP contribution in [-0.2, 0) is 4.79 Å². The van der Waals surface area contributed by atoms with Gasteiger partial charge in [-0.15, -0.1) is 0 Å². The third-order valence-corrected chi connectivity index (χ3v) is 4.79. The average Bonchev–Trinajstić information content (AvgIpc) is 2.85. The molecule has 2 aliphatic heterocycles. The van der Waals surface area contributed by atoms with Crippen LogP contribution in [0.3, 0.4) is 0 Å². The Morgan fingerprint density at radius 1 is 1.31 bits per heavy atom. The summed E-state index contributed by atoms with van der Waals surface area (Å²) in [5.41, 5.74) is 0.395. The van der Waals surface area contributed by atoms with E-state index in [0.717, 1.165) is 19.5 Å². The molecule has 2 atom stereocenters. The third-order valence-electron chi connectivity index (χ3n) is 4.79. The van der Waals surface area contributed by atoms with Crippen molar-refractivity contribution in [3.8, 4) is 0 Å². The smallest absolute Gasteiger partial charge is 0.225 e. The van der Waals surface area contributed by atoms with Crippen LogP contribution in [0.25, 0.3) is 0 Å². The summed E-state index contributed by atoms with van der Waals surface area (Å²) in [4.78, 5) is 14.2. The van der Waals surface area contributed by atoms with Crippen LogP contribution in [0.15, 0.2) is 0 Å². The van der Waals surface area contributed by atoms with E-state index in [2.05, 4.69) is 17.1 Å². The molecule has 90 valence electrons. The van der Waals surface area contributed by atoms with E-state index in [1.807, 2.05) is 0 Å². The Labute approximate surface area is 97.6 Å². The maximum Gasteiger partial charge on any atom is 0.225 e. The van der Waals surface area contributed by atoms with Gasteiger partial charge in [0, 0.05) is 24.5 Å². The topological polar surface area (TPSA) is 32.3 Å². The second-order valence-corrected chi connectivity index (χ2v) is 5.96. The molecule has 3 fully saturated rings. The molecule has 3 aliphatic rings. The normalized spacial score (nSPS) is 36.7. The highest BCUT2D eigenvalue weighted by atomic mass is 16.2. The quantitative estimate of drug-likeness (QED) is 0.727. The number of likely N-dealkylation sites (tertiary alicyclic amines) is 1. The van der Waals surface area contributed by atoms with Crippen molar-refractivity contribution in [1.29, 1.82) is 0 Å². The van der Waals surface area contributed by atoms with Crippen LogP contribution in [0.1, 0.15) is 39.0 Å². The number of rotatable bonds is 1. The Hall–Kier alpha value is -0.570. The van der Waals surface area contributed by atoms with Crippen molar-refractivity contribution in [2.75, 3.05) is 19.6 Å². The lowest BCUT2D eigenvalue weighted by molar-refractivity contribution is -0.134. The van der Waals surface area contributed by atoms with Crippen molar-refractivity contribution in [2.45, 2.75) is 44.6 Å². The van der Waals surface area contributed by atoms with E-state index in [1.54, 1.807) is 0 Å². The number of hydrogen-bond acceptors (Lipinski definition) is 2. The molecular formula is C13H22N2O. The molecule has 3 heteroatoms. The van der Waals surface area contributed by atoms with Crippen molar-refractivity contribution in [2.24, 2.45) is 11.8 Å². The van der Waals surface area contributed by atoms with Crippen LogP contribution in [0.5, 0.6) is 0 Å². The van der Waals surface area contributed by atoms with Gasteiger partial charge in [0.1, 0.15) is 0 Å². The van der Waals surface area contributed by atoms with Crippen LogP contribution >= 0.6 is 0 Å². The zero-order chi connectivity index (χ0) is 11.2. The van der Waals surface area contributed by atoms with Gasteiger partial charge in [0.15, 0.2) is 0 Å². The summed E-state index contributed by atoms with van der Waals surface area (Å²) in [5.74, 6) is 1.44. The fourth-order valence-electron chi connectivity index (χ4n) is 3.35. The lowest BCUT2D eigenvalue weighted by atomic mass is 9.86. The van der Waals surface area contributed by atoms with Crippen molar-refractivity contribution in [3.63, 3.8) is 0 Å². The van der Waals surface area contributed by atoms with E-state index in [1.165, 1.54) is 32.2 Å². The minimum absolute atomic E-state index is 0.366. The maximum absolute atomic E-state index is 12.1. The first-order valence-corrected chi connectivity index (χ1v) is 6.74. The van der Waals surface area contributed by atoms with Crippen molar-refractivity contribution in [3.05, 3.63) is 0 Å². The maximum atomic E-state index is 12.1. The predicted octanol–water partition coefficient (Wildman–Crippen LogP) is 1.39. The van der Waals surface area contributed by atoms with Crippen molar-refractivity contribution in [1.82, 2.24) is 10.2 Å². The Morgan fingerprint density at radius 3 is 2.50 bits per heavy atom. The number of nitrogens with one attached hydrogen (secondary N) is 1. The molecule has 3 rings (SSSR count). The first-order valence-electron chi connectivity index (χ1n) is 6.74. The first-order chi connectivity index (χ1) is 7.70. The molecule has 2 saturated heterocycles. The van der Waals surface area contributed by atoms with Crippen molar-refractivity contribution < 1.29 is 4.79 Å². The first kappa shape index (κ1) is 10.6. The van der Waals surface area contributed by atoms with Crippen molar-refractivity contribution >= 4 is 5.91 Å². The van der Waals surface area contributed by atoms with E-state index in [9.17, 15) is 4.79 Å². The highest BCUT2D eigenvalue weighted by molar-refractivity contribution is 5.81. The van der Waals surface area contributed by atoms with E-state index >= 15 is 0 Å². The second-order valence-electron chi connectivity index (χ2n) is 5.96. The number of nitrogens with zero attached hydrogens (tertiary/aromatic N) is 1. The van der Waals surface area contributed by atoms with Gasteiger partial charge in [-0.3, -0.25) is 4.79 Å². The third kappa shape index (κ3) is 1.75. The summed E-state index contributed by atoms with van der Waals surface area (Å²) in [6.45, 7) is 5.32. The molecule has 1 N–H and O–H groups in total. The molecule has 0 radical (unpaired) electrons. The zero-order valence-electron chi connectivity index (χ0n) is 10.2. The number of carbonyl (C=O) groups excluding carboxylic acids is 1. The molecule has 1 saturated carbocycles. The second kappa shape index (κ2) is 3.73. The highest BCUT2D eigenvalue weighted by Gasteiger charge is 2.44. The molecule has 3 nitrogen and oxygen atoms in total. The predicted molar refractivity (Wildman–Crippen MR) is 63.1 cm³/mol. The fourth-order valence-corrected chi connectivity index (χ4v) is 3.35. The van der Waals surface area contributed by atoms with E-state index < -0.39 is 0 Å². The minimum Gasteiger partial charge on any atom is -0.342 e. The summed E-state index contributed by atoms with van der Waals surface area (Å²) in [5, 5.41) is 3.65. The molecule has 2 heterocycles. The summed E-state index contributed by atoms with van der Waals surface area (Å²) < 4.78 is 0. The largest absolute Gasteiger partial charge is 0.342 e. The Kier molecular flexibility index (Phi) is 2.46. The summed E-state index contributed by atoms with van der Waals surface area (Å²) >= 11 is 0. The Morgan fingerprint density at radius 2 is 2.00 bits per heavy atom. The molecule has 0 aromatic heterocycles. The van der Waals surface area contributed by atoms with Gasteiger partial charge >= 0.3 is 0 Å². The standard InChI is InChI=1S/C13H22N2O/c1-10-9-11(10)12(16)15-7-4-13(5-8-15)3-2-6-14-13/h10-11,14H,2-9H2,1H3.